The summed E-state index contributed by atoms with van der Waals surface area (Å²) in [5.41, 5.74) is 0.532. The summed E-state index contributed by atoms with van der Waals surface area (Å²) in [5, 5.41) is 0. The van der Waals surface area contributed by atoms with Crippen LogP contribution in [0.5, 0.6) is 0 Å². The molecule has 2 saturated heterocycles. The molecule has 2 fully saturated rings. The Morgan fingerprint density at radius 3 is 3.22 bits per heavy atom. The van der Waals surface area contributed by atoms with Crippen molar-refractivity contribution in [3.63, 3.8) is 0 Å². The zero-order valence-corrected chi connectivity index (χ0v) is 6.59. The normalized spacial score (nSPS) is 43.7. The molecule has 3 heteroatoms. The maximum atomic E-state index is 5.56. The van der Waals surface area contributed by atoms with Crippen LogP contribution in [0.4, 0.5) is 0 Å². The first-order chi connectivity index (χ1) is 4.36. The highest BCUT2D eigenvalue weighted by atomic mass is 28.3. The summed E-state index contributed by atoms with van der Waals surface area (Å²) < 4.78 is 11.1. The lowest BCUT2D eigenvalue weighted by molar-refractivity contribution is -0.0362. The van der Waals surface area contributed by atoms with Gasteiger partial charge >= 0.3 is 0 Å². The minimum absolute atomic E-state index is 0.101. The average molecular weight is 143 g/mol. The molecule has 0 amide bonds. The van der Waals surface area contributed by atoms with Gasteiger partial charge in [-0.25, -0.2) is 0 Å². The van der Waals surface area contributed by atoms with E-state index in [0.717, 1.165) is 0 Å². The van der Waals surface area contributed by atoms with E-state index >= 15 is 0 Å². The summed E-state index contributed by atoms with van der Waals surface area (Å²) in [7, 11) is -0.489. The smallest absolute Gasteiger partial charge is 0.245 e. The zero-order chi connectivity index (χ0) is 6.27. The van der Waals surface area contributed by atoms with E-state index in [1.165, 1.54) is 18.9 Å². The van der Waals surface area contributed by atoms with Gasteiger partial charge in [-0.15, -0.1) is 0 Å². The minimum Gasteiger partial charge on any atom is -0.390 e. The van der Waals surface area contributed by atoms with Gasteiger partial charge in [-0.2, -0.15) is 0 Å². The summed E-state index contributed by atoms with van der Waals surface area (Å²) >= 11 is 0. The second-order valence-electron chi connectivity index (χ2n) is 2.67. The van der Waals surface area contributed by atoms with Crippen LogP contribution in [0.2, 0.25) is 6.04 Å². The topological polar surface area (TPSA) is 18.5 Å². The first-order valence-electron chi connectivity index (χ1n) is 3.54. The van der Waals surface area contributed by atoms with E-state index in [-0.39, 0.29) is 6.29 Å². The molecular weight excluding hydrogens is 132 g/mol. The highest BCUT2D eigenvalue weighted by molar-refractivity contribution is 6.54. The van der Waals surface area contributed by atoms with E-state index < -0.39 is 9.04 Å². The molecule has 2 heterocycles. The van der Waals surface area contributed by atoms with Crippen molar-refractivity contribution in [3.8, 4) is 0 Å². The van der Waals surface area contributed by atoms with Crippen LogP contribution in [0.25, 0.3) is 0 Å². The van der Waals surface area contributed by atoms with Crippen LogP contribution in [0, 0.1) is 0 Å². The third-order valence-electron chi connectivity index (χ3n) is 1.92. The van der Waals surface area contributed by atoms with E-state index in [4.69, 9.17) is 9.16 Å². The Morgan fingerprint density at radius 2 is 2.44 bits per heavy atom. The van der Waals surface area contributed by atoms with Crippen LogP contribution in [0.3, 0.4) is 0 Å². The fraction of sp³-hybridized carbons (Fsp3) is 1.00. The molecule has 2 unspecified atom stereocenters. The Hall–Kier alpha value is 0.137. The molecule has 2 aliphatic heterocycles. The van der Waals surface area contributed by atoms with Crippen molar-refractivity contribution in [1.29, 1.82) is 0 Å². The van der Waals surface area contributed by atoms with Crippen molar-refractivity contribution in [2.75, 3.05) is 0 Å². The molecule has 0 N–H and O–H groups in total. The van der Waals surface area contributed by atoms with Gasteiger partial charge in [-0.3, -0.25) is 0 Å². The third kappa shape index (κ3) is 0.932. The fourth-order valence-electron chi connectivity index (χ4n) is 1.53. The first-order valence-corrected chi connectivity index (χ1v) is 5.23. The second-order valence-corrected chi connectivity index (χ2v) is 4.98. The van der Waals surface area contributed by atoms with E-state index in [9.17, 15) is 0 Å². The van der Waals surface area contributed by atoms with Gasteiger partial charge in [0.15, 0.2) is 0 Å². The molecule has 9 heavy (non-hydrogen) atoms. The van der Waals surface area contributed by atoms with Gasteiger partial charge in [-0.05, 0) is 19.4 Å². The number of fused-ring (bicyclic) bond motifs is 1. The van der Waals surface area contributed by atoms with Gasteiger partial charge in [0.2, 0.25) is 9.04 Å². The van der Waals surface area contributed by atoms with Crippen LogP contribution in [-0.2, 0) is 9.16 Å². The summed E-state index contributed by atoms with van der Waals surface area (Å²) in [6.07, 6.45) is 2.67. The molecule has 2 nitrogen and oxygen atoms in total. The number of ether oxygens (including phenoxy) is 1. The lowest BCUT2D eigenvalue weighted by Crippen LogP contribution is -2.19. The summed E-state index contributed by atoms with van der Waals surface area (Å²) in [6, 6.07) is 1.31. The van der Waals surface area contributed by atoms with E-state index in [2.05, 4.69) is 0 Å². The Labute approximate surface area is 56.9 Å². The fourth-order valence-corrected chi connectivity index (χ4v) is 4.03. The standard InChI is InChI=1S/C6H11O2Si/c1-5-7-6-3-2-4-9(6)8-5/h5-6H,2-4H2,1H3. The first kappa shape index (κ1) is 5.89. The SMILES string of the molecule is CC1OC2CCC[Si]2O1. The summed E-state index contributed by atoms with van der Waals surface area (Å²) in [4.78, 5) is 0. The minimum atomic E-state index is -0.489. The van der Waals surface area contributed by atoms with Gasteiger partial charge in [0.05, 0.1) is 5.73 Å². The highest BCUT2D eigenvalue weighted by Crippen LogP contribution is 2.29. The average Bonchev–Trinajstić information content (AvgIpc) is 2.22. The molecule has 2 atom stereocenters. The maximum Gasteiger partial charge on any atom is 0.245 e. The molecule has 2 rings (SSSR count). The maximum absolute atomic E-state index is 5.56. The molecule has 1 radical (unpaired) electrons. The Kier molecular flexibility index (Phi) is 1.36. The molecule has 0 bridgehead atoms. The van der Waals surface area contributed by atoms with Gasteiger partial charge in [0.25, 0.3) is 0 Å². The Morgan fingerprint density at radius 1 is 1.56 bits per heavy atom. The van der Waals surface area contributed by atoms with Gasteiger partial charge < -0.3 is 9.16 Å². The monoisotopic (exact) mass is 143 g/mol. The Balaban J connectivity index is 2.02. The van der Waals surface area contributed by atoms with Gasteiger partial charge in [0.1, 0.15) is 6.29 Å². The Bertz CT molecular complexity index is 106. The lowest BCUT2D eigenvalue weighted by Gasteiger charge is -2.03. The van der Waals surface area contributed by atoms with E-state index in [1.807, 2.05) is 6.92 Å². The van der Waals surface area contributed by atoms with E-state index in [0.29, 0.717) is 5.73 Å². The summed E-state index contributed by atoms with van der Waals surface area (Å²) in [5.74, 6) is 0. The molecule has 0 saturated carbocycles. The van der Waals surface area contributed by atoms with Crippen molar-refractivity contribution < 1.29 is 9.16 Å². The van der Waals surface area contributed by atoms with Crippen LogP contribution in [0.15, 0.2) is 0 Å². The molecule has 0 aromatic rings. The van der Waals surface area contributed by atoms with Crippen molar-refractivity contribution in [1.82, 2.24) is 0 Å². The van der Waals surface area contributed by atoms with Crippen molar-refractivity contribution in [2.45, 2.75) is 37.8 Å². The third-order valence-corrected chi connectivity index (χ3v) is 4.55. The molecular formula is C6H11O2Si. The quantitative estimate of drug-likeness (QED) is 0.472. The highest BCUT2D eigenvalue weighted by Gasteiger charge is 2.39. The van der Waals surface area contributed by atoms with Crippen LogP contribution >= 0.6 is 0 Å². The molecule has 0 spiro atoms. The number of rotatable bonds is 0. The predicted molar refractivity (Wildman–Crippen MR) is 35.2 cm³/mol. The number of hydrogen-bond donors (Lipinski definition) is 0. The van der Waals surface area contributed by atoms with Crippen molar-refractivity contribution in [3.05, 3.63) is 0 Å². The zero-order valence-electron chi connectivity index (χ0n) is 5.59. The van der Waals surface area contributed by atoms with Gasteiger partial charge in [-0.1, -0.05) is 6.42 Å². The molecule has 0 aliphatic carbocycles. The molecule has 0 aromatic carbocycles. The van der Waals surface area contributed by atoms with E-state index in [1.54, 1.807) is 0 Å². The van der Waals surface area contributed by atoms with Crippen molar-refractivity contribution in [2.24, 2.45) is 0 Å². The van der Waals surface area contributed by atoms with Gasteiger partial charge in [0, 0.05) is 0 Å². The van der Waals surface area contributed by atoms with Crippen LogP contribution < -0.4 is 0 Å². The predicted octanol–water partition coefficient (Wildman–Crippen LogP) is 1.07. The lowest BCUT2D eigenvalue weighted by atomic mass is 10.4. The molecule has 0 aromatic heterocycles. The molecule has 51 valence electrons. The molecule has 2 aliphatic rings. The van der Waals surface area contributed by atoms with Crippen LogP contribution in [-0.4, -0.2) is 21.1 Å². The summed E-state index contributed by atoms with van der Waals surface area (Å²) in [6.45, 7) is 2.00. The largest absolute Gasteiger partial charge is 0.390 e. The van der Waals surface area contributed by atoms with Crippen molar-refractivity contribution >= 4 is 9.04 Å². The second kappa shape index (κ2) is 2.07. The van der Waals surface area contributed by atoms with Crippen LogP contribution in [0.1, 0.15) is 19.8 Å². The number of hydrogen-bond acceptors (Lipinski definition) is 2.